The van der Waals surface area contributed by atoms with Crippen LogP contribution in [0.2, 0.25) is 0 Å². The fourth-order valence-electron chi connectivity index (χ4n) is 1.51. The van der Waals surface area contributed by atoms with Gasteiger partial charge in [0.15, 0.2) is 18.9 Å². The second kappa shape index (κ2) is 9.84. The molecule has 0 N–H and O–H groups in total. The Morgan fingerprint density at radius 1 is 0.944 bits per heavy atom. The van der Waals surface area contributed by atoms with Crippen LogP contribution >= 0.6 is 29.4 Å². The molecule has 0 spiro atoms. The van der Waals surface area contributed by atoms with Crippen LogP contribution in [0.4, 0.5) is 0 Å². The summed E-state index contributed by atoms with van der Waals surface area (Å²) in [5.74, 6) is 0. The van der Waals surface area contributed by atoms with Crippen molar-refractivity contribution in [3.05, 3.63) is 66.5 Å². The monoisotopic (exact) mass is 415 g/mol. The molecule has 0 radical (unpaired) electrons. The van der Waals surface area contributed by atoms with Crippen LogP contribution in [0.1, 0.15) is 10.9 Å². The molecule has 1 unspecified atom stereocenters. The zero-order valence-corrected chi connectivity index (χ0v) is 13.9. The number of aromatic nitrogens is 1. The van der Waals surface area contributed by atoms with E-state index in [2.05, 4.69) is 16.7 Å². The third-order valence-corrected chi connectivity index (χ3v) is 2.70. The van der Waals surface area contributed by atoms with Crippen molar-refractivity contribution in [3.63, 3.8) is 0 Å². The molecule has 0 amide bonds. The second-order valence-electron chi connectivity index (χ2n) is 3.50. The molecule has 1 nitrogen and oxygen atoms in total. The molecule has 5 heteroatoms. The van der Waals surface area contributed by atoms with E-state index in [0.29, 0.717) is 0 Å². The summed E-state index contributed by atoms with van der Waals surface area (Å²) in [5, 5.41) is 0.0265. The van der Waals surface area contributed by atoms with Gasteiger partial charge in [-0.05, 0) is 5.56 Å². The van der Waals surface area contributed by atoms with Gasteiger partial charge in [0.2, 0.25) is 0 Å². The van der Waals surface area contributed by atoms with Gasteiger partial charge in [-0.2, -0.15) is 0 Å². The molecule has 1 atom stereocenters. The van der Waals surface area contributed by atoms with Crippen molar-refractivity contribution in [2.75, 3.05) is 0 Å². The van der Waals surface area contributed by atoms with E-state index in [1.807, 2.05) is 48.8 Å². The van der Waals surface area contributed by atoms with Crippen LogP contribution in [0.25, 0.3) is 0 Å². The Morgan fingerprint density at radius 2 is 1.44 bits per heavy atom. The Kier molecular flexibility index (Phi) is 8.76. The summed E-state index contributed by atoms with van der Waals surface area (Å²) in [7, 11) is 9.75. The van der Waals surface area contributed by atoms with Crippen molar-refractivity contribution in [1.82, 2.24) is 0 Å². The summed E-state index contributed by atoms with van der Waals surface area (Å²) < 4.78 is 2.09. The number of benzene rings is 1. The van der Waals surface area contributed by atoms with Gasteiger partial charge in [0, 0.05) is 12.1 Å². The predicted octanol–water partition coefficient (Wildman–Crippen LogP) is 1.34. The van der Waals surface area contributed by atoms with Crippen LogP contribution in [-0.2, 0) is 6.54 Å². The standard InChI is InChI=1S/C13H13ClN.Cl2I/c14-13(12-7-3-1-4-8-12)11-15-9-5-2-6-10-15;1-3-2/h1-10,13H,11H2;/q+1;-1. The van der Waals surface area contributed by atoms with Gasteiger partial charge in [0.25, 0.3) is 0 Å². The Labute approximate surface area is 130 Å². The fourth-order valence-corrected chi connectivity index (χ4v) is 1.81. The number of pyridine rings is 1. The summed E-state index contributed by atoms with van der Waals surface area (Å²) in [4.78, 5) is 0. The maximum atomic E-state index is 6.32. The average Bonchev–Trinajstić information content (AvgIpc) is 2.42. The summed E-state index contributed by atoms with van der Waals surface area (Å²) in [5.41, 5.74) is 1.16. The number of rotatable bonds is 3. The van der Waals surface area contributed by atoms with E-state index in [1.54, 1.807) is 0 Å². The van der Waals surface area contributed by atoms with Crippen molar-refractivity contribution < 1.29 is 23.5 Å². The van der Waals surface area contributed by atoms with Crippen LogP contribution in [0.3, 0.4) is 0 Å². The van der Waals surface area contributed by atoms with E-state index in [4.69, 9.17) is 29.4 Å². The van der Waals surface area contributed by atoms with E-state index in [0.717, 1.165) is 12.1 Å². The first kappa shape index (κ1) is 16.0. The van der Waals surface area contributed by atoms with Gasteiger partial charge in [0.1, 0.15) is 5.38 Å². The molecule has 0 fully saturated rings. The van der Waals surface area contributed by atoms with Crippen LogP contribution < -0.4 is 23.5 Å². The molecule has 98 valence electrons. The van der Waals surface area contributed by atoms with E-state index in [1.165, 1.54) is 0 Å². The Bertz CT molecular complexity index is 425. The molecule has 0 aliphatic carbocycles. The van der Waals surface area contributed by atoms with Crippen molar-refractivity contribution in [2.24, 2.45) is 0 Å². The molecule has 1 heterocycles. The molecule has 0 aliphatic rings. The van der Waals surface area contributed by atoms with Crippen molar-refractivity contribution in [2.45, 2.75) is 11.9 Å². The third kappa shape index (κ3) is 6.23. The summed E-state index contributed by atoms with van der Waals surface area (Å²) in [6.07, 6.45) is 4.05. The Balaban J connectivity index is 0.000000492. The molecule has 1 aromatic heterocycles. The van der Waals surface area contributed by atoms with Gasteiger partial charge in [0.05, 0.1) is 0 Å². The van der Waals surface area contributed by atoms with E-state index in [9.17, 15) is 0 Å². The zero-order chi connectivity index (χ0) is 13.2. The number of hydrogen-bond donors (Lipinski definition) is 0. The maximum absolute atomic E-state index is 6.32. The zero-order valence-electron chi connectivity index (χ0n) is 9.52. The van der Waals surface area contributed by atoms with Crippen molar-refractivity contribution in [3.8, 4) is 0 Å². The first-order valence-electron chi connectivity index (χ1n) is 5.28. The first-order chi connectivity index (χ1) is 8.77. The van der Waals surface area contributed by atoms with Gasteiger partial charge >= 0.3 is 36.8 Å². The molecule has 0 saturated heterocycles. The Morgan fingerprint density at radius 3 is 2.00 bits per heavy atom. The number of halogens is 4. The van der Waals surface area contributed by atoms with Gasteiger partial charge in [-0.1, -0.05) is 36.4 Å². The van der Waals surface area contributed by atoms with Gasteiger partial charge in [-0.25, -0.2) is 4.57 Å². The molecule has 18 heavy (non-hydrogen) atoms. The quantitative estimate of drug-likeness (QED) is 0.404. The van der Waals surface area contributed by atoms with Crippen LogP contribution in [0, 0.1) is 0 Å². The molecule has 0 saturated carbocycles. The predicted molar refractivity (Wildman–Crippen MR) is 73.4 cm³/mol. The number of hydrogen-bond acceptors (Lipinski definition) is 0. The summed E-state index contributed by atoms with van der Waals surface area (Å²) in [6.45, 7) is 0.798. The molecule has 0 aliphatic heterocycles. The van der Waals surface area contributed by atoms with Gasteiger partial charge in [-0.3, -0.25) is 0 Å². The third-order valence-electron chi connectivity index (χ3n) is 2.31. The van der Waals surface area contributed by atoms with E-state index < -0.39 is 18.9 Å². The molecule has 0 bridgehead atoms. The van der Waals surface area contributed by atoms with Crippen LogP contribution in [0.15, 0.2) is 60.9 Å². The summed E-state index contributed by atoms with van der Waals surface area (Å²) >= 11 is 5.85. The number of nitrogens with zero attached hydrogens (tertiary/aromatic N) is 1. The van der Waals surface area contributed by atoms with Gasteiger partial charge in [-0.15, -0.1) is 11.6 Å². The minimum absolute atomic E-state index is 0.0265. The molecule has 1 aromatic carbocycles. The normalized spacial score (nSPS) is 11.5. The van der Waals surface area contributed by atoms with Crippen molar-refractivity contribution in [1.29, 1.82) is 0 Å². The minimum atomic E-state index is -0.466. The molecular formula is C13H13Cl3IN. The molecule has 2 rings (SSSR count). The van der Waals surface area contributed by atoms with Crippen LogP contribution in [0.5, 0.6) is 0 Å². The van der Waals surface area contributed by atoms with Gasteiger partial charge < -0.3 is 0 Å². The molecular weight excluding hydrogens is 403 g/mol. The molecule has 2 aromatic rings. The average molecular weight is 417 g/mol. The van der Waals surface area contributed by atoms with E-state index >= 15 is 0 Å². The van der Waals surface area contributed by atoms with Crippen molar-refractivity contribution >= 4 is 29.4 Å². The topological polar surface area (TPSA) is 3.88 Å². The van der Waals surface area contributed by atoms with E-state index in [-0.39, 0.29) is 5.38 Å². The fraction of sp³-hybridized carbons (Fsp3) is 0.154. The second-order valence-corrected chi connectivity index (χ2v) is 7.24. The SMILES string of the molecule is ClC(C[n+]1ccccc1)c1ccccc1.Cl[I-]Cl. The first-order valence-corrected chi connectivity index (χ1v) is 11.2. The van der Waals surface area contributed by atoms with Crippen LogP contribution in [-0.4, -0.2) is 0 Å². The number of alkyl halides is 1. The summed E-state index contributed by atoms with van der Waals surface area (Å²) in [6, 6.07) is 16.2. The Hall–Kier alpha value is -0.0300.